The van der Waals surface area contributed by atoms with Crippen molar-refractivity contribution < 1.29 is 19.1 Å². The van der Waals surface area contributed by atoms with E-state index >= 15 is 0 Å². The second kappa shape index (κ2) is 10.2. The number of amides is 3. The number of hydrogen-bond acceptors (Lipinski definition) is 5. The van der Waals surface area contributed by atoms with E-state index in [-0.39, 0.29) is 17.7 Å². The fourth-order valence-electron chi connectivity index (χ4n) is 2.91. The summed E-state index contributed by atoms with van der Waals surface area (Å²) in [6.45, 7) is 4.47. The Labute approximate surface area is 164 Å². The molecule has 0 bridgehead atoms. The van der Waals surface area contributed by atoms with Crippen LogP contribution >= 0.6 is 11.8 Å². The van der Waals surface area contributed by atoms with Crippen molar-refractivity contribution in [2.45, 2.75) is 46.0 Å². The lowest BCUT2D eigenvalue weighted by atomic mass is 9.94. The van der Waals surface area contributed by atoms with Crippen LogP contribution in [0.4, 0.5) is 4.79 Å². The zero-order valence-corrected chi connectivity index (χ0v) is 16.6. The lowest BCUT2D eigenvalue weighted by Gasteiger charge is -2.15. The van der Waals surface area contributed by atoms with Gasteiger partial charge in [-0.25, -0.2) is 0 Å². The summed E-state index contributed by atoms with van der Waals surface area (Å²) in [5.41, 5.74) is 7.34. The fraction of sp³-hybridized carbons (Fsp3) is 0.450. The van der Waals surface area contributed by atoms with E-state index in [2.05, 4.69) is 6.92 Å². The Bertz CT molecular complexity index is 720. The quantitative estimate of drug-likeness (QED) is 0.790. The number of aryl methyl sites for hydroxylation is 1. The van der Waals surface area contributed by atoms with E-state index in [4.69, 9.17) is 10.5 Å². The van der Waals surface area contributed by atoms with Crippen LogP contribution in [0.25, 0.3) is 0 Å². The minimum atomic E-state index is -0.665. The topological polar surface area (TPSA) is 89.7 Å². The van der Waals surface area contributed by atoms with E-state index < -0.39 is 5.91 Å². The SMILES string of the molecule is CCOc1ccc(C)cc1.NC(=O)CN1C(=O)SC(=C2CCCCC2)C1=O. The van der Waals surface area contributed by atoms with Crippen LogP contribution in [0.5, 0.6) is 5.75 Å². The molecule has 1 saturated heterocycles. The van der Waals surface area contributed by atoms with Gasteiger partial charge in [0.15, 0.2) is 0 Å². The molecular formula is C20H26N2O4S. The Hall–Kier alpha value is -2.28. The van der Waals surface area contributed by atoms with Gasteiger partial charge in [-0.05, 0) is 63.4 Å². The van der Waals surface area contributed by atoms with Crippen LogP contribution in [-0.4, -0.2) is 35.1 Å². The van der Waals surface area contributed by atoms with Gasteiger partial charge in [-0.1, -0.05) is 29.7 Å². The van der Waals surface area contributed by atoms with E-state index in [1.54, 1.807) is 0 Å². The lowest BCUT2D eigenvalue weighted by Crippen LogP contribution is -2.36. The molecule has 7 heteroatoms. The van der Waals surface area contributed by atoms with Gasteiger partial charge in [-0.15, -0.1) is 0 Å². The standard InChI is InChI=1S/C11H14N2O3S.C9H12O/c12-8(14)6-13-10(15)9(17-11(13)16)7-4-2-1-3-5-7;1-3-10-9-6-4-8(2)5-7-9/h1-6H2,(H2,12,14);4-7H,3H2,1-2H3. The minimum absolute atomic E-state index is 0.318. The average Bonchev–Trinajstić information content (AvgIpc) is 2.93. The number of carbonyl (C=O) groups excluding carboxylic acids is 3. The van der Waals surface area contributed by atoms with E-state index in [1.165, 1.54) is 12.0 Å². The Kier molecular flexibility index (Phi) is 7.91. The first-order chi connectivity index (χ1) is 12.9. The molecule has 6 nitrogen and oxygen atoms in total. The summed E-state index contributed by atoms with van der Waals surface area (Å²) in [6.07, 6.45) is 5.07. The van der Waals surface area contributed by atoms with E-state index in [9.17, 15) is 14.4 Å². The van der Waals surface area contributed by atoms with Gasteiger partial charge in [0.1, 0.15) is 12.3 Å². The van der Waals surface area contributed by atoms with Crippen molar-refractivity contribution in [1.82, 2.24) is 4.90 Å². The monoisotopic (exact) mass is 390 g/mol. The smallest absolute Gasteiger partial charge is 0.294 e. The first-order valence-electron chi connectivity index (χ1n) is 9.15. The molecule has 3 rings (SSSR count). The maximum atomic E-state index is 12.0. The maximum Gasteiger partial charge on any atom is 0.294 e. The van der Waals surface area contributed by atoms with Gasteiger partial charge in [0.05, 0.1) is 11.5 Å². The number of ether oxygens (including phenoxy) is 1. The van der Waals surface area contributed by atoms with Crippen molar-refractivity contribution in [2.75, 3.05) is 13.2 Å². The second-order valence-electron chi connectivity index (χ2n) is 6.46. The molecule has 2 N–H and O–H groups in total. The molecule has 1 aliphatic heterocycles. The number of imide groups is 1. The van der Waals surface area contributed by atoms with E-state index in [0.717, 1.165) is 60.3 Å². The third-order valence-electron chi connectivity index (χ3n) is 4.27. The van der Waals surface area contributed by atoms with Crippen LogP contribution < -0.4 is 10.5 Å². The van der Waals surface area contributed by atoms with Gasteiger partial charge in [-0.3, -0.25) is 19.3 Å². The van der Waals surface area contributed by atoms with Gasteiger partial charge in [0, 0.05) is 0 Å². The van der Waals surface area contributed by atoms with Crippen molar-refractivity contribution in [3.8, 4) is 5.75 Å². The number of nitrogens with zero attached hydrogens (tertiary/aromatic N) is 1. The van der Waals surface area contributed by atoms with Gasteiger partial charge < -0.3 is 10.5 Å². The summed E-state index contributed by atoms with van der Waals surface area (Å²) in [5, 5.41) is -0.387. The molecule has 0 spiro atoms. The molecule has 3 amide bonds. The molecule has 27 heavy (non-hydrogen) atoms. The van der Waals surface area contributed by atoms with Crippen LogP contribution in [0, 0.1) is 6.92 Å². The molecule has 1 aromatic rings. The number of rotatable bonds is 4. The van der Waals surface area contributed by atoms with E-state index in [0.29, 0.717) is 4.91 Å². The molecule has 0 aromatic heterocycles. The molecule has 0 atom stereocenters. The summed E-state index contributed by atoms with van der Waals surface area (Å²) in [6, 6.07) is 8.06. The maximum absolute atomic E-state index is 12.0. The fourth-order valence-corrected chi connectivity index (χ4v) is 3.89. The third-order valence-corrected chi connectivity index (χ3v) is 5.34. The summed E-state index contributed by atoms with van der Waals surface area (Å²) in [5.74, 6) is -0.0639. The number of benzene rings is 1. The average molecular weight is 391 g/mol. The molecule has 1 aliphatic carbocycles. The summed E-state index contributed by atoms with van der Waals surface area (Å²) < 4.78 is 5.26. The number of thioether (sulfide) groups is 1. The van der Waals surface area contributed by atoms with Gasteiger partial charge in [0.25, 0.3) is 11.1 Å². The van der Waals surface area contributed by atoms with Gasteiger partial charge in [-0.2, -0.15) is 0 Å². The van der Waals surface area contributed by atoms with Crippen LogP contribution in [-0.2, 0) is 9.59 Å². The number of nitrogens with two attached hydrogens (primary N) is 1. The molecule has 1 saturated carbocycles. The zero-order valence-electron chi connectivity index (χ0n) is 15.8. The summed E-state index contributed by atoms with van der Waals surface area (Å²) >= 11 is 0.940. The van der Waals surface area contributed by atoms with Crippen LogP contribution in [0.1, 0.15) is 44.6 Å². The van der Waals surface area contributed by atoms with Crippen molar-refractivity contribution in [1.29, 1.82) is 0 Å². The van der Waals surface area contributed by atoms with Gasteiger partial charge >= 0.3 is 0 Å². The normalized spacial score (nSPS) is 16.9. The molecule has 0 unspecified atom stereocenters. The Morgan fingerprint density at radius 2 is 1.78 bits per heavy atom. The molecule has 1 heterocycles. The number of allylic oxidation sites excluding steroid dienone is 1. The lowest BCUT2D eigenvalue weighted by molar-refractivity contribution is -0.128. The number of primary amides is 1. The Morgan fingerprint density at radius 1 is 1.15 bits per heavy atom. The first kappa shape index (κ1) is 21.0. The molecule has 2 fully saturated rings. The van der Waals surface area contributed by atoms with Crippen molar-refractivity contribution in [3.63, 3.8) is 0 Å². The highest BCUT2D eigenvalue weighted by molar-refractivity contribution is 8.18. The van der Waals surface area contributed by atoms with Crippen LogP contribution in [0.3, 0.4) is 0 Å². The second-order valence-corrected chi connectivity index (χ2v) is 7.43. The summed E-state index contributed by atoms with van der Waals surface area (Å²) in [7, 11) is 0. The minimum Gasteiger partial charge on any atom is -0.494 e. The van der Waals surface area contributed by atoms with Crippen molar-refractivity contribution >= 4 is 28.8 Å². The largest absolute Gasteiger partial charge is 0.494 e. The molecule has 2 aliphatic rings. The van der Waals surface area contributed by atoms with E-state index in [1.807, 2.05) is 31.2 Å². The van der Waals surface area contributed by atoms with Crippen LogP contribution in [0.2, 0.25) is 0 Å². The van der Waals surface area contributed by atoms with Crippen LogP contribution in [0.15, 0.2) is 34.7 Å². The number of hydrogen-bond donors (Lipinski definition) is 1. The summed E-state index contributed by atoms with van der Waals surface area (Å²) in [4.78, 5) is 35.8. The highest BCUT2D eigenvalue weighted by Crippen LogP contribution is 2.37. The third kappa shape index (κ3) is 6.13. The molecule has 0 radical (unpaired) electrons. The van der Waals surface area contributed by atoms with Crippen molar-refractivity contribution in [2.24, 2.45) is 5.73 Å². The molecular weight excluding hydrogens is 364 g/mol. The predicted octanol–water partition coefficient (Wildman–Crippen LogP) is 3.78. The highest BCUT2D eigenvalue weighted by Gasteiger charge is 2.37. The zero-order chi connectivity index (χ0) is 19.8. The first-order valence-corrected chi connectivity index (χ1v) is 9.97. The predicted molar refractivity (Wildman–Crippen MR) is 106 cm³/mol. The number of carbonyl (C=O) groups is 3. The molecule has 146 valence electrons. The Balaban J connectivity index is 0.000000223. The van der Waals surface area contributed by atoms with Crippen molar-refractivity contribution in [3.05, 3.63) is 40.3 Å². The highest BCUT2D eigenvalue weighted by atomic mass is 32.2. The Morgan fingerprint density at radius 3 is 2.33 bits per heavy atom. The van der Waals surface area contributed by atoms with Gasteiger partial charge in [0.2, 0.25) is 5.91 Å². The molecule has 1 aromatic carbocycles.